The van der Waals surface area contributed by atoms with Crippen LogP contribution in [-0.4, -0.2) is 22.4 Å². The number of ether oxygens (including phenoxy) is 2. The highest BCUT2D eigenvalue weighted by atomic mass is 35.5. The highest BCUT2D eigenvalue weighted by Crippen LogP contribution is 2.32. The molecule has 0 aliphatic carbocycles. The number of anilines is 1. The van der Waals surface area contributed by atoms with Gasteiger partial charge >= 0.3 is 0 Å². The van der Waals surface area contributed by atoms with Crippen molar-refractivity contribution in [3.63, 3.8) is 0 Å². The zero-order chi connectivity index (χ0) is 24.9. The third-order valence-corrected chi connectivity index (χ3v) is 5.37. The van der Waals surface area contributed by atoms with Crippen molar-refractivity contribution in [2.75, 3.05) is 12.4 Å². The van der Waals surface area contributed by atoms with E-state index in [1.165, 1.54) is 29.8 Å². The number of fused-ring (bicyclic) bond motifs is 1. The number of benzene rings is 2. The third kappa shape index (κ3) is 5.11. The Bertz CT molecular complexity index is 1570. The minimum absolute atomic E-state index is 0.119. The first-order valence-corrected chi connectivity index (χ1v) is 10.9. The number of halogens is 2. The van der Waals surface area contributed by atoms with E-state index in [1.807, 2.05) is 6.07 Å². The van der Waals surface area contributed by atoms with Crippen LogP contribution in [0.5, 0.6) is 17.4 Å². The maximum atomic E-state index is 13.3. The molecule has 0 radical (unpaired) electrons. The first kappa shape index (κ1) is 23.8. The van der Waals surface area contributed by atoms with Crippen molar-refractivity contribution >= 4 is 46.5 Å². The molecule has 8 nitrogen and oxygen atoms in total. The maximum absolute atomic E-state index is 13.3. The number of carbonyl (C=O) groups is 1. The number of methoxy groups -OCH3 is 1. The summed E-state index contributed by atoms with van der Waals surface area (Å²) in [5.41, 5.74) is -0.358. The molecule has 2 aromatic heterocycles. The average Bonchev–Trinajstić information content (AvgIpc) is 2.86. The molecule has 0 unspecified atom stereocenters. The lowest BCUT2D eigenvalue weighted by atomic mass is 10.1. The fourth-order valence-corrected chi connectivity index (χ4v) is 3.62. The minimum Gasteiger partial charge on any atom is -0.495 e. The van der Waals surface area contributed by atoms with Crippen molar-refractivity contribution in [1.82, 2.24) is 9.38 Å². The molecule has 0 aliphatic rings. The number of hydrogen-bond acceptors (Lipinski definition) is 6. The molecule has 0 bridgehead atoms. The van der Waals surface area contributed by atoms with E-state index >= 15 is 0 Å². The van der Waals surface area contributed by atoms with Gasteiger partial charge in [0, 0.05) is 11.2 Å². The molecule has 0 aliphatic heterocycles. The Labute approximate surface area is 209 Å². The van der Waals surface area contributed by atoms with Gasteiger partial charge in [-0.1, -0.05) is 41.4 Å². The molecular weight excluding hydrogens is 491 g/mol. The van der Waals surface area contributed by atoms with Crippen molar-refractivity contribution in [3.05, 3.63) is 98.4 Å². The zero-order valence-electron chi connectivity index (χ0n) is 18.2. The summed E-state index contributed by atoms with van der Waals surface area (Å²) in [4.78, 5) is 30.6. The molecule has 4 rings (SSSR count). The number of para-hydroxylation sites is 2. The Hall–Kier alpha value is -4.32. The van der Waals surface area contributed by atoms with Crippen LogP contribution in [0.4, 0.5) is 5.69 Å². The monoisotopic (exact) mass is 506 g/mol. The molecular formula is C25H16Cl2N4O4. The summed E-state index contributed by atoms with van der Waals surface area (Å²) in [6, 6.07) is 18.1. The summed E-state index contributed by atoms with van der Waals surface area (Å²) >= 11 is 12.2. The predicted molar refractivity (Wildman–Crippen MR) is 133 cm³/mol. The summed E-state index contributed by atoms with van der Waals surface area (Å²) in [5.74, 6) is -0.282. The van der Waals surface area contributed by atoms with E-state index < -0.39 is 11.5 Å². The molecule has 0 atom stereocenters. The summed E-state index contributed by atoms with van der Waals surface area (Å²) in [6.07, 6.45) is 2.64. The smallest absolute Gasteiger partial charge is 0.269 e. The molecule has 0 fully saturated rings. The predicted octanol–water partition coefficient (Wildman–Crippen LogP) is 5.35. The van der Waals surface area contributed by atoms with E-state index in [4.69, 9.17) is 32.7 Å². The quantitative estimate of drug-likeness (QED) is 0.279. The van der Waals surface area contributed by atoms with Gasteiger partial charge in [0.15, 0.2) is 0 Å². The number of amides is 1. The fourth-order valence-electron chi connectivity index (χ4n) is 3.18. The van der Waals surface area contributed by atoms with Crippen LogP contribution in [0.15, 0.2) is 77.2 Å². The largest absolute Gasteiger partial charge is 0.495 e. The summed E-state index contributed by atoms with van der Waals surface area (Å²) in [5, 5.41) is 12.9. The number of carbonyl (C=O) groups excluding carboxylic acids is 1. The lowest BCUT2D eigenvalue weighted by molar-refractivity contribution is -0.112. The van der Waals surface area contributed by atoms with E-state index in [-0.39, 0.29) is 27.8 Å². The Morgan fingerprint density at radius 2 is 1.89 bits per heavy atom. The summed E-state index contributed by atoms with van der Waals surface area (Å²) < 4.78 is 12.3. The van der Waals surface area contributed by atoms with Crippen LogP contribution in [0, 0.1) is 11.3 Å². The summed E-state index contributed by atoms with van der Waals surface area (Å²) in [6.45, 7) is 0. The number of nitriles is 1. The normalized spacial score (nSPS) is 11.1. The van der Waals surface area contributed by atoms with Gasteiger partial charge < -0.3 is 14.8 Å². The van der Waals surface area contributed by atoms with Gasteiger partial charge in [0.05, 0.1) is 17.8 Å². The second kappa shape index (κ2) is 10.3. The second-order valence-electron chi connectivity index (χ2n) is 7.07. The topological polar surface area (TPSA) is 106 Å². The molecule has 0 saturated heterocycles. The van der Waals surface area contributed by atoms with Gasteiger partial charge in [-0.05, 0) is 48.5 Å². The van der Waals surface area contributed by atoms with Crippen molar-refractivity contribution in [1.29, 1.82) is 5.26 Å². The lowest BCUT2D eigenvalue weighted by Gasteiger charge is -2.12. The van der Waals surface area contributed by atoms with Crippen LogP contribution in [0.25, 0.3) is 11.7 Å². The lowest BCUT2D eigenvalue weighted by Crippen LogP contribution is -2.20. The van der Waals surface area contributed by atoms with Gasteiger partial charge in [-0.15, -0.1) is 0 Å². The van der Waals surface area contributed by atoms with Crippen molar-refractivity contribution in [2.45, 2.75) is 0 Å². The first-order chi connectivity index (χ1) is 16.9. The number of nitrogens with zero attached hydrogens (tertiary/aromatic N) is 3. The van der Waals surface area contributed by atoms with Crippen LogP contribution in [0.2, 0.25) is 10.0 Å². The van der Waals surface area contributed by atoms with Gasteiger partial charge in [-0.25, -0.2) is 0 Å². The molecule has 35 heavy (non-hydrogen) atoms. The van der Waals surface area contributed by atoms with E-state index in [0.29, 0.717) is 22.1 Å². The number of rotatable bonds is 6. The van der Waals surface area contributed by atoms with Gasteiger partial charge in [-0.3, -0.25) is 14.0 Å². The highest BCUT2D eigenvalue weighted by molar-refractivity contribution is 6.35. The van der Waals surface area contributed by atoms with Crippen LogP contribution in [-0.2, 0) is 4.79 Å². The van der Waals surface area contributed by atoms with E-state index in [2.05, 4.69) is 10.3 Å². The van der Waals surface area contributed by atoms with Crippen molar-refractivity contribution < 1.29 is 14.3 Å². The molecule has 1 N–H and O–H groups in total. The Kier molecular flexibility index (Phi) is 7.01. The molecule has 10 heteroatoms. The average molecular weight is 507 g/mol. The Balaban J connectivity index is 1.82. The highest BCUT2D eigenvalue weighted by Gasteiger charge is 2.19. The van der Waals surface area contributed by atoms with Crippen LogP contribution >= 0.6 is 23.2 Å². The number of nitrogens with one attached hydrogen (secondary N) is 1. The van der Waals surface area contributed by atoms with Crippen LogP contribution < -0.4 is 20.3 Å². The molecule has 0 spiro atoms. The summed E-state index contributed by atoms with van der Waals surface area (Å²) in [7, 11) is 1.46. The van der Waals surface area contributed by atoms with Crippen LogP contribution in [0.3, 0.4) is 0 Å². The number of aromatic nitrogens is 2. The molecule has 174 valence electrons. The SMILES string of the molecule is COc1ccccc1NC(=O)/C(C#N)=C\c1c(Oc2ccc(Cl)cc2Cl)nc2ccccn2c1=O. The second-order valence-corrected chi connectivity index (χ2v) is 7.91. The van der Waals surface area contributed by atoms with E-state index in [1.54, 1.807) is 48.5 Å². The number of hydrogen-bond donors (Lipinski definition) is 1. The standard InChI is InChI=1S/C25H16Cl2N4O4/c1-34-21-7-3-2-6-19(21)29-23(32)15(14-28)12-17-24(35-20-10-9-16(26)13-18(20)27)30-22-8-4-5-11-31(22)25(17)33/h2-13H,1H3,(H,29,32)/b15-12-. The van der Waals surface area contributed by atoms with E-state index in [9.17, 15) is 14.9 Å². The van der Waals surface area contributed by atoms with Gasteiger partial charge in [-0.2, -0.15) is 10.2 Å². The van der Waals surface area contributed by atoms with Crippen molar-refractivity contribution in [2.24, 2.45) is 0 Å². The fraction of sp³-hybridized carbons (Fsp3) is 0.0400. The molecule has 1 amide bonds. The Morgan fingerprint density at radius 3 is 2.63 bits per heavy atom. The van der Waals surface area contributed by atoms with Gasteiger partial charge in [0.2, 0.25) is 5.88 Å². The molecule has 0 saturated carbocycles. The van der Waals surface area contributed by atoms with Crippen LogP contribution in [0.1, 0.15) is 5.56 Å². The zero-order valence-corrected chi connectivity index (χ0v) is 19.7. The molecule has 2 aromatic carbocycles. The Morgan fingerprint density at radius 1 is 1.11 bits per heavy atom. The van der Waals surface area contributed by atoms with Gasteiger partial charge in [0.25, 0.3) is 11.5 Å². The molecule has 2 heterocycles. The van der Waals surface area contributed by atoms with E-state index in [0.717, 1.165) is 6.08 Å². The first-order valence-electron chi connectivity index (χ1n) is 10.1. The molecule has 4 aromatic rings. The van der Waals surface area contributed by atoms with Crippen molar-refractivity contribution in [3.8, 4) is 23.4 Å². The maximum Gasteiger partial charge on any atom is 0.269 e. The minimum atomic E-state index is -0.745. The van der Waals surface area contributed by atoms with Gasteiger partial charge in [0.1, 0.15) is 34.4 Å². The number of pyridine rings is 1. The third-order valence-electron chi connectivity index (χ3n) is 4.84.